The van der Waals surface area contributed by atoms with E-state index in [0.29, 0.717) is 19.3 Å². The van der Waals surface area contributed by atoms with Crippen molar-refractivity contribution in [1.29, 1.82) is 0 Å². The molecule has 0 rings (SSSR count). The summed E-state index contributed by atoms with van der Waals surface area (Å²) in [6.45, 7) is 5.63. The van der Waals surface area contributed by atoms with Gasteiger partial charge in [0, 0.05) is 37.4 Å². The smallest absolute Gasteiger partial charge is 0.303 e. The van der Waals surface area contributed by atoms with E-state index in [9.17, 15) is 14.4 Å². The van der Waals surface area contributed by atoms with Gasteiger partial charge in [-0.3, -0.25) is 14.4 Å². The highest BCUT2D eigenvalue weighted by Gasteiger charge is 1.99. The Morgan fingerprint density at radius 1 is 0.607 bits per heavy atom. The lowest BCUT2D eigenvalue weighted by molar-refractivity contribution is -0.138. The summed E-state index contributed by atoms with van der Waals surface area (Å²) in [7, 11) is 0. The third-order valence-corrected chi connectivity index (χ3v) is 3.15. The Balaban J connectivity index is -0.000000152. The lowest BCUT2D eigenvalue weighted by Gasteiger charge is -2.00. The van der Waals surface area contributed by atoms with Crippen LogP contribution in [0.25, 0.3) is 0 Å². The molecule has 0 saturated carbocycles. The van der Waals surface area contributed by atoms with E-state index in [1.54, 1.807) is 0 Å². The molecule has 0 spiro atoms. The first-order chi connectivity index (χ1) is 12.4. The second-order valence-corrected chi connectivity index (χ2v) is 6.79. The van der Waals surface area contributed by atoms with Crippen molar-refractivity contribution in [2.75, 3.05) is 0 Å². The first kappa shape index (κ1) is 33.8. The first-order valence-corrected chi connectivity index (χ1v) is 9.30. The quantitative estimate of drug-likeness (QED) is 0.268. The van der Waals surface area contributed by atoms with Crippen LogP contribution in [0.5, 0.6) is 0 Å². The minimum absolute atomic E-state index is 0. The number of hydrogen-bond donors (Lipinski definition) is 6. The maximum atomic E-state index is 9.94. The summed E-state index contributed by atoms with van der Waals surface area (Å²) in [4.78, 5) is 29.8. The summed E-state index contributed by atoms with van der Waals surface area (Å²) < 4.78 is 0. The minimum atomic E-state index is -0.740. The highest BCUT2D eigenvalue weighted by molar-refractivity contribution is 5.67. The third kappa shape index (κ3) is 49.6. The van der Waals surface area contributed by atoms with Crippen LogP contribution >= 0.6 is 0 Å². The topological polar surface area (TPSA) is 221 Å². The van der Waals surface area contributed by atoms with E-state index < -0.39 is 17.9 Å². The van der Waals surface area contributed by atoms with E-state index >= 15 is 0 Å². The van der Waals surface area contributed by atoms with Crippen LogP contribution in [0.3, 0.4) is 0 Å². The number of carboxylic acids is 3. The molecule has 0 radical (unpaired) electrons. The van der Waals surface area contributed by atoms with Crippen LogP contribution in [0, 0.1) is 0 Å². The highest BCUT2D eigenvalue weighted by Crippen LogP contribution is 1.98. The Morgan fingerprint density at radius 2 is 0.786 bits per heavy atom. The molecule has 0 aromatic rings. The van der Waals surface area contributed by atoms with Crippen molar-refractivity contribution in [2.24, 2.45) is 17.2 Å². The highest BCUT2D eigenvalue weighted by atomic mass is 16.4. The van der Waals surface area contributed by atoms with Gasteiger partial charge in [0.1, 0.15) is 0 Å². The van der Waals surface area contributed by atoms with E-state index in [4.69, 9.17) is 32.5 Å². The van der Waals surface area contributed by atoms with Gasteiger partial charge in [-0.05, 0) is 59.3 Å². The normalized spacial score (nSPS) is 12.6. The lowest BCUT2D eigenvalue weighted by Crippen LogP contribution is -2.14. The minimum Gasteiger partial charge on any atom is -0.481 e. The average molecular weight is 412 g/mol. The van der Waals surface area contributed by atoms with E-state index in [2.05, 4.69) is 0 Å². The van der Waals surface area contributed by atoms with Gasteiger partial charge in [-0.25, -0.2) is 0 Å². The Bertz CT molecular complexity index is 332. The molecule has 11 N–H and O–H groups in total. The second kappa shape index (κ2) is 23.3. The van der Waals surface area contributed by atoms with Crippen molar-refractivity contribution in [3.05, 3.63) is 0 Å². The molecule has 0 aromatic carbocycles. The van der Waals surface area contributed by atoms with Crippen molar-refractivity contribution in [2.45, 2.75) is 96.7 Å². The summed E-state index contributed by atoms with van der Waals surface area (Å²) >= 11 is 0. The van der Waals surface area contributed by atoms with Crippen molar-refractivity contribution in [3.63, 3.8) is 0 Å². The number of carbonyl (C=O) groups is 3. The van der Waals surface area contributed by atoms with Gasteiger partial charge in [0.25, 0.3) is 0 Å². The number of aliphatic carboxylic acids is 3. The van der Waals surface area contributed by atoms with Crippen LogP contribution in [0.15, 0.2) is 0 Å². The fourth-order valence-electron chi connectivity index (χ4n) is 1.73. The van der Waals surface area contributed by atoms with Gasteiger partial charge in [-0.15, -0.1) is 0 Å². The molecular formula is C18H41N3O7. The molecule has 0 aliphatic carbocycles. The van der Waals surface area contributed by atoms with Gasteiger partial charge in [-0.1, -0.05) is 0 Å². The maximum Gasteiger partial charge on any atom is 0.303 e. The predicted octanol–water partition coefficient (Wildman–Crippen LogP) is 0.941. The number of carboxylic acid groups (broad SMARTS) is 3. The summed E-state index contributed by atoms with van der Waals surface area (Å²) in [6, 6.07) is 0.387. The molecule has 10 heteroatoms. The zero-order valence-corrected chi connectivity index (χ0v) is 17.4. The van der Waals surface area contributed by atoms with Crippen LogP contribution in [-0.4, -0.2) is 56.8 Å². The molecule has 0 aliphatic rings. The first-order valence-electron chi connectivity index (χ1n) is 9.30. The van der Waals surface area contributed by atoms with Crippen molar-refractivity contribution >= 4 is 17.9 Å². The number of hydrogen-bond acceptors (Lipinski definition) is 6. The molecule has 170 valence electrons. The Morgan fingerprint density at radius 3 is 0.893 bits per heavy atom. The van der Waals surface area contributed by atoms with Gasteiger partial charge >= 0.3 is 17.9 Å². The van der Waals surface area contributed by atoms with Crippen LogP contribution in [0.2, 0.25) is 0 Å². The second-order valence-electron chi connectivity index (χ2n) is 6.79. The third-order valence-electron chi connectivity index (χ3n) is 3.15. The molecule has 10 nitrogen and oxygen atoms in total. The van der Waals surface area contributed by atoms with E-state index in [1.807, 2.05) is 20.8 Å². The molecule has 0 amide bonds. The largest absolute Gasteiger partial charge is 0.481 e. The molecule has 0 fully saturated rings. The molecule has 3 atom stereocenters. The van der Waals surface area contributed by atoms with Crippen LogP contribution < -0.4 is 17.2 Å². The van der Waals surface area contributed by atoms with Gasteiger partial charge in [0.2, 0.25) is 0 Å². The zero-order valence-electron chi connectivity index (χ0n) is 17.4. The molecule has 3 unspecified atom stereocenters. The summed E-state index contributed by atoms with van der Waals surface area (Å²) in [6.07, 6.45) is 5.17. The van der Waals surface area contributed by atoms with E-state index in [1.165, 1.54) is 0 Å². The SMILES string of the molecule is CC(N)CCCC(=O)O.CC(N)CCCC(=O)O.CC(N)CCCC(=O)O.O. The molecule has 0 saturated heterocycles. The standard InChI is InChI=1S/3C6H13NO2.H2O/c3*1-5(7)3-2-4-6(8)9;/h3*5H,2-4,7H2,1H3,(H,8,9);1H2. The average Bonchev–Trinajstić information content (AvgIpc) is 2.46. The molecule has 28 heavy (non-hydrogen) atoms. The van der Waals surface area contributed by atoms with Gasteiger partial charge < -0.3 is 38.0 Å². The Kier molecular flexibility index (Phi) is 28.1. The van der Waals surface area contributed by atoms with Crippen molar-refractivity contribution in [1.82, 2.24) is 0 Å². The van der Waals surface area contributed by atoms with Gasteiger partial charge in [-0.2, -0.15) is 0 Å². The van der Waals surface area contributed by atoms with Gasteiger partial charge in [0.05, 0.1) is 0 Å². The van der Waals surface area contributed by atoms with Crippen LogP contribution in [0.4, 0.5) is 0 Å². The molecule has 0 aliphatic heterocycles. The summed E-state index contributed by atoms with van der Waals surface area (Å²) in [5, 5.41) is 24.6. The van der Waals surface area contributed by atoms with Crippen LogP contribution in [-0.2, 0) is 14.4 Å². The fourth-order valence-corrected chi connectivity index (χ4v) is 1.73. The molecular weight excluding hydrogens is 370 g/mol. The van der Waals surface area contributed by atoms with Crippen molar-refractivity contribution < 1.29 is 35.2 Å². The van der Waals surface area contributed by atoms with Crippen LogP contribution in [0.1, 0.15) is 78.6 Å². The number of nitrogens with two attached hydrogens (primary N) is 3. The Hall–Kier alpha value is -1.75. The van der Waals surface area contributed by atoms with Crippen molar-refractivity contribution in [3.8, 4) is 0 Å². The summed E-state index contributed by atoms with van der Waals surface area (Å²) in [5.41, 5.74) is 16.2. The van der Waals surface area contributed by atoms with E-state index in [0.717, 1.165) is 19.3 Å². The summed E-state index contributed by atoms with van der Waals surface area (Å²) in [5.74, 6) is -2.22. The monoisotopic (exact) mass is 411 g/mol. The van der Waals surface area contributed by atoms with E-state index in [-0.39, 0.29) is 42.9 Å². The maximum absolute atomic E-state index is 9.94. The lowest BCUT2D eigenvalue weighted by atomic mass is 10.1. The molecule has 0 bridgehead atoms. The number of rotatable bonds is 12. The Labute approximate surface area is 167 Å². The molecule has 0 aromatic heterocycles. The predicted molar refractivity (Wildman–Crippen MR) is 109 cm³/mol. The molecule has 0 heterocycles. The zero-order chi connectivity index (χ0) is 21.8. The van der Waals surface area contributed by atoms with Gasteiger partial charge in [0.15, 0.2) is 0 Å². The fraction of sp³-hybridized carbons (Fsp3) is 0.833.